The molecular weight excluding hydrogens is 290 g/mol. The van der Waals surface area contributed by atoms with Crippen LogP contribution >= 0.6 is 11.3 Å². The Labute approximate surface area is 125 Å². The first-order valence-corrected chi connectivity index (χ1v) is 7.82. The van der Waals surface area contributed by atoms with Gasteiger partial charge in [0.1, 0.15) is 5.56 Å². The molecule has 1 N–H and O–H groups in total. The number of nitrogens with zero attached hydrogens (tertiary/aromatic N) is 4. The molecule has 112 valence electrons. The Kier molecular flexibility index (Phi) is 3.62. The van der Waals surface area contributed by atoms with Crippen LogP contribution in [0.5, 0.6) is 0 Å². The summed E-state index contributed by atoms with van der Waals surface area (Å²) in [6.07, 6.45) is 3.61. The average Bonchev–Trinajstić information content (AvgIpc) is 3.07. The molecule has 21 heavy (non-hydrogen) atoms. The van der Waals surface area contributed by atoms with Crippen molar-refractivity contribution in [2.45, 2.75) is 32.7 Å². The molecule has 0 aliphatic carbocycles. The lowest BCUT2D eigenvalue weighted by molar-refractivity contribution is 0.0941. The number of rotatable bonds is 3. The molecule has 1 amide bonds. The SMILES string of the molecule is CC(C)NC(=O)c1cnc2sc(N3CCCC3)nn2c1=O. The fraction of sp³-hybridized carbons (Fsp3) is 0.538. The maximum absolute atomic E-state index is 12.4. The Hall–Kier alpha value is -1.96. The molecule has 0 unspecified atom stereocenters. The van der Waals surface area contributed by atoms with Gasteiger partial charge >= 0.3 is 0 Å². The van der Waals surface area contributed by atoms with Crippen LogP contribution in [-0.2, 0) is 0 Å². The van der Waals surface area contributed by atoms with Crippen LogP contribution in [0.15, 0.2) is 11.0 Å². The summed E-state index contributed by atoms with van der Waals surface area (Å²) in [4.78, 5) is 31.2. The van der Waals surface area contributed by atoms with Gasteiger partial charge in [-0.3, -0.25) is 9.59 Å². The Bertz CT molecular complexity index is 730. The first-order chi connectivity index (χ1) is 10.1. The van der Waals surface area contributed by atoms with E-state index in [1.54, 1.807) is 0 Å². The molecule has 0 bridgehead atoms. The number of hydrogen-bond donors (Lipinski definition) is 1. The molecule has 2 aromatic heterocycles. The van der Waals surface area contributed by atoms with Crippen LogP contribution in [0, 0.1) is 0 Å². The van der Waals surface area contributed by atoms with E-state index in [1.807, 2.05) is 13.8 Å². The number of aromatic nitrogens is 3. The molecule has 0 aromatic carbocycles. The molecule has 1 saturated heterocycles. The molecule has 0 radical (unpaired) electrons. The second kappa shape index (κ2) is 5.44. The van der Waals surface area contributed by atoms with Gasteiger partial charge < -0.3 is 10.2 Å². The minimum Gasteiger partial charge on any atom is -0.350 e. The molecule has 1 fully saturated rings. The number of carbonyl (C=O) groups is 1. The van der Waals surface area contributed by atoms with Gasteiger partial charge in [-0.2, -0.15) is 4.52 Å². The van der Waals surface area contributed by atoms with E-state index < -0.39 is 11.5 Å². The first-order valence-electron chi connectivity index (χ1n) is 7.01. The third-order valence-electron chi connectivity index (χ3n) is 3.32. The molecule has 1 aliphatic rings. The van der Waals surface area contributed by atoms with Gasteiger partial charge in [-0.1, -0.05) is 11.3 Å². The van der Waals surface area contributed by atoms with Gasteiger partial charge in [0.25, 0.3) is 11.5 Å². The summed E-state index contributed by atoms with van der Waals surface area (Å²) in [6, 6.07) is -0.0341. The summed E-state index contributed by atoms with van der Waals surface area (Å²) in [5.41, 5.74) is -0.390. The van der Waals surface area contributed by atoms with Gasteiger partial charge in [0.05, 0.1) is 0 Å². The molecular formula is C13H17N5O2S. The normalized spacial score (nSPS) is 15.1. The van der Waals surface area contributed by atoms with Crippen LogP contribution in [0.25, 0.3) is 4.96 Å². The summed E-state index contributed by atoms with van der Waals surface area (Å²) < 4.78 is 1.23. The van der Waals surface area contributed by atoms with Crippen molar-refractivity contribution < 1.29 is 4.79 Å². The van der Waals surface area contributed by atoms with E-state index in [9.17, 15) is 9.59 Å². The topological polar surface area (TPSA) is 79.6 Å². The molecule has 3 rings (SSSR count). The van der Waals surface area contributed by atoms with Crippen LogP contribution in [0.3, 0.4) is 0 Å². The quantitative estimate of drug-likeness (QED) is 0.911. The van der Waals surface area contributed by atoms with Crippen LogP contribution in [0.2, 0.25) is 0 Å². The second-order valence-corrected chi connectivity index (χ2v) is 6.31. The molecule has 3 heterocycles. The summed E-state index contributed by atoms with van der Waals surface area (Å²) >= 11 is 1.38. The summed E-state index contributed by atoms with van der Waals surface area (Å²) in [5, 5.41) is 7.81. The van der Waals surface area contributed by atoms with Crippen LogP contribution in [-0.4, -0.2) is 39.6 Å². The van der Waals surface area contributed by atoms with Gasteiger partial charge in [-0.05, 0) is 26.7 Å². The van der Waals surface area contributed by atoms with Crippen molar-refractivity contribution in [1.82, 2.24) is 19.9 Å². The molecule has 8 heteroatoms. The van der Waals surface area contributed by atoms with Crippen molar-refractivity contribution in [2.75, 3.05) is 18.0 Å². The molecule has 7 nitrogen and oxygen atoms in total. The molecule has 2 aromatic rings. The fourth-order valence-corrected chi connectivity index (χ4v) is 3.22. The lowest BCUT2D eigenvalue weighted by Gasteiger charge is -2.10. The smallest absolute Gasteiger partial charge is 0.288 e. The Morgan fingerprint density at radius 2 is 2.10 bits per heavy atom. The van der Waals surface area contributed by atoms with E-state index in [-0.39, 0.29) is 11.6 Å². The molecule has 0 atom stereocenters. The van der Waals surface area contributed by atoms with Crippen LogP contribution in [0.4, 0.5) is 5.13 Å². The fourth-order valence-electron chi connectivity index (χ4n) is 2.31. The maximum Gasteiger partial charge on any atom is 0.288 e. The highest BCUT2D eigenvalue weighted by Crippen LogP contribution is 2.24. The lowest BCUT2D eigenvalue weighted by Crippen LogP contribution is -2.35. The Morgan fingerprint density at radius 1 is 1.38 bits per heavy atom. The van der Waals surface area contributed by atoms with Crippen LogP contribution in [0.1, 0.15) is 37.0 Å². The highest BCUT2D eigenvalue weighted by molar-refractivity contribution is 7.20. The third kappa shape index (κ3) is 2.63. The monoisotopic (exact) mass is 307 g/mol. The zero-order valence-corrected chi connectivity index (χ0v) is 12.8. The van der Waals surface area contributed by atoms with Gasteiger partial charge in [0, 0.05) is 25.3 Å². The number of anilines is 1. The molecule has 0 spiro atoms. The Morgan fingerprint density at radius 3 is 2.76 bits per heavy atom. The van der Waals surface area contributed by atoms with Gasteiger partial charge in [0.2, 0.25) is 10.1 Å². The highest BCUT2D eigenvalue weighted by Gasteiger charge is 2.20. The van der Waals surface area contributed by atoms with Crippen LogP contribution < -0.4 is 15.8 Å². The van der Waals surface area contributed by atoms with E-state index in [0.717, 1.165) is 31.1 Å². The summed E-state index contributed by atoms with van der Waals surface area (Å²) in [6.45, 7) is 5.59. The predicted octanol–water partition coefficient (Wildman–Crippen LogP) is 0.889. The standard InChI is InChI=1S/C13H17N5O2S/c1-8(2)15-10(19)9-7-14-12-18(11(9)20)16-13(21-12)17-5-3-4-6-17/h7-8H,3-6H2,1-2H3,(H,15,19). The second-order valence-electron chi connectivity index (χ2n) is 5.38. The van der Waals surface area contributed by atoms with Crippen molar-refractivity contribution >= 4 is 27.3 Å². The zero-order chi connectivity index (χ0) is 15.0. The Balaban J connectivity index is 2.00. The minimum atomic E-state index is -0.417. The maximum atomic E-state index is 12.4. The predicted molar refractivity (Wildman–Crippen MR) is 81.2 cm³/mol. The number of nitrogens with one attached hydrogen (secondary N) is 1. The van der Waals surface area contributed by atoms with E-state index in [4.69, 9.17) is 0 Å². The van der Waals surface area contributed by atoms with Crippen molar-refractivity contribution in [3.8, 4) is 0 Å². The lowest BCUT2D eigenvalue weighted by atomic mass is 10.3. The van der Waals surface area contributed by atoms with Crippen molar-refractivity contribution in [1.29, 1.82) is 0 Å². The highest BCUT2D eigenvalue weighted by atomic mass is 32.1. The van der Waals surface area contributed by atoms with E-state index >= 15 is 0 Å². The molecule has 0 saturated carbocycles. The van der Waals surface area contributed by atoms with Gasteiger partial charge in [0.15, 0.2) is 0 Å². The van der Waals surface area contributed by atoms with Crippen molar-refractivity contribution in [3.05, 3.63) is 22.1 Å². The minimum absolute atomic E-state index is 0.0273. The number of amides is 1. The zero-order valence-electron chi connectivity index (χ0n) is 12.0. The number of hydrogen-bond acceptors (Lipinski definition) is 6. The van der Waals surface area contributed by atoms with E-state index in [0.29, 0.717) is 4.96 Å². The van der Waals surface area contributed by atoms with E-state index in [2.05, 4.69) is 20.3 Å². The third-order valence-corrected chi connectivity index (χ3v) is 4.30. The summed E-state index contributed by atoms with van der Waals surface area (Å²) in [5.74, 6) is -0.410. The van der Waals surface area contributed by atoms with E-state index in [1.165, 1.54) is 22.0 Å². The number of carbonyl (C=O) groups excluding carboxylic acids is 1. The van der Waals surface area contributed by atoms with Crippen molar-refractivity contribution in [3.63, 3.8) is 0 Å². The van der Waals surface area contributed by atoms with Crippen molar-refractivity contribution in [2.24, 2.45) is 0 Å². The van der Waals surface area contributed by atoms with Gasteiger partial charge in [-0.25, -0.2) is 4.98 Å². The largest absolute Gasteiger partial charge is 0.350 e. The summed E-state index contributed by atoms with van der Waals surface area (Å²) in [7, 11) is 0. The first kappa shape index (κ1) is 14.0. The number of fused-ring (bicyclic) bond motifs is 1. The van der Waals surface area contributed by atoms with Gasteiger partial charge in [-0.15, -0.1) is 5.10 Å². The molecule has 1 aliphatic heterocycles. The average molecular weight is 307 g/mol.